The van der Waals surface area contributed by atoms with Gasteiger partial charge in [-0.15, -0.1) is 0 Å². The quantitative estimate of drug-likeness (QED) is 0.610. The van der Waals surface area contributed by atoms with E-state index in [9.17, 15) is 26.9 Å². The molecular weight excluding hydrogens is 443 g/mol. The first-order chi connectivity index (χ1) is 15.0. The number of aromatic nitrogens is 3. The SMILES string of the molecule is Cc1ccc2c(n1)c(C#N)c(-c1ccc(S(=O)(=O)N[C@@H](C)C(F)(F)F)cn1)n2C1CCC1. The van der Waals surface area contributed by atoms with E-state index in [0.717, 1.165) is 43.6 Å². The average Bonchev–Trinajstić information content (AvgIpc) is 2.99. The molecule has 0 spiro atoms. The number of fused-ring (bicyclic) bond motifs is 1. The topological polar surface area (TPSA) is 101 Å². The highest BCUT2D eigenvalue weighted by molar-refractivity contribution is 7.89. The molecule has 0 amide bonds. The molecule has 0 saturated heterocycles. The molecule has 0 bridgehead atoms. The Labute approximate surface area is 183 Å². The summed E-state index contributed by atoms with van der Waals surface area (Å²) in [6.07, 6.45) is -0.790. The van der Waals surface area contributed by atoms with Gasteiger partial charge in [-0.25, -0.2) is 8.42 Å². The first kappa shape index (κ1) is 22.2. The highest BCUT2D eigenvalue weighted by Gasteiger charge is 2.39. The zero-order chi connectivity index (χ0) is 23.3. The second-order valence-electron chi connectivity index (χ2n) is 7.87. The molecule has 0 radical (unpaired) electrons. The van der Waals surface area contributed by atoms with E-state index in [1.165, 1.54) is 12.1 Å². The Morgan fingerprint density at radius 3 is 2.50 bits per heavy atom. The molecule has 1 fully saturated rings. The van der Waals surface area contributed by atoms with Crippen molar-refractivity contribution in [3.05, 3.63) is 41.7 Å². The fraction of sp³-hybridized carbons (Fsp3) is 0.381. The third-order valence-corrected chi connectivity index (χ3v) is 7.18. The van der Waals surface area contributed by atoms with Gasteiger partial charge in [-0.2, -0.15) is 23.2 Å². The van der Waals surface area contributed by atoms with Gasteiger partial charge in [0.2, 0.25) is 10.0 Å². The van der Waals surface area contributed by atoms with Crippen molar-refractivity contribution in [3.8, 4) is 17.5 Å². The molecule has 0 aliphatic heterocycles. The number of hydrogen-bond donors (Lipinski definition) is 1. The Morgan fingerprint density at radius 1 is 1.25 bits per heavy atom. The van der Waals surface area contributed by atoms with E-state index in [-0.39, 0.29) is 6.04 Å². The van der Waals surface area contributed by atoms with E-state index in [4.69, 9.17) is 0 Å². The standard InChI is InChI=1S/C21H20F3N5O2S/c1-12-6-9-18-19(27-12)16(10-25)20(29(18)14-4-3-5-14)17-8-7-15(11-26-17)32(30,31)28-13(2)21(22,23)24/h6-9,11,13-14,28H,3-5H2,1-2H3/t13-/m0/s1. The molecule has 11 heteroatoms. The van der Waals surface area contributed by atoms with Crippen LogP contribution >= 0.6 is 0 Å². The fourth-order valence-electron chi connectivity index (χ4n) is 3.71. The molecule has 0 aromatic carbocycles. The van der Waals surface area contributed by atoms with Crippen molar-refractivity contribution >= 4 is 21.1 Å². The van der Waals surface area contributed by atoms with E-state index in [2.05, 4.69) is 16.0 Å². The molecule has 168 valence electrons. The maximum atomic E-state index is 12.8. The van der Waals surface area contributed by atoms with Gasteiger partial charge in [0.1, 0.15) is 28.1 Å². The Hall–Kier alpha value is -2.97. The van der Waals surface area contributed by atoms with Crippen LogP contribution in [0.4, 0.5) is 13.2 Å². The zero-order valence-electron chi connectivity index (χ0n) is 17.3. The van der Waals surface area contributed by atoms with Crippen molar-refractivity contribution in [2.24, 2.45) is 0 Å². The smallest absolute Gasteiger partial charge is 0.334 e. The molecule has 3 aromatic rings. The second-order valence-corrected chi connectivity index (χ2v) is 9.59. The Morgan fingerprint density at radius 2 is 1.97 bits per heavy atom. The summed E-state index contributed by atoms with van der Waals surface area (Å²) >= 11 is 0. The van der Waals surface area contributed by atoms with E-state index in [1.807, 2.05) is 23.6 Å². The van der Waals surface area contributed by atoms with E-state index in [1.54, 1.807) is 4.72 Å². The van der Waals surface area contributed by atoms with Crippen LogP contribution in [-0.4, -0.2) is 35.2 Å². The number of nitrogens with zero attached hydrogens (tertiary/aromatic N) is 4. The van der Waals surface area contributed by atoms with Gasteiger partial charge in [-0.3, -0.25) is 9.97 Å². The Bertz CT molecular complexity index is 1320. The first-order valence-corrected chi connectivity index (χ1v) is 11.5. The number of nitrogens with one attached hydrogen (secondary N) is 1. The molecule has 1 saturated carbocycles. The lowest BCUT2D eigenvalue weighted by molar-refractivity contribution is -0.147. The Balaban J connectivity index is 1.80. The van der Waals surface area contributed by atoms with Gasteiger partial charge in [0.25, 0.3) is 0 Å². The van der Waals surface area contributed by atoms with Gasteiger partial charge in [0.05, 0.1) is 16.9 Å². The largest absolute Gasteiger partial charge is 0.404 e. The van der Waals surface area contributed by atoms with Crippen LogP contribution in [0.1, 0.15) is 43.5 Å². The van der Waals surface area contributed by atoms with Gasteiger partial charge < -0.3 is 4.57 Å². The lowest BCUT2D eigenvalue weighted by Gasteiger charge is -2.29. The molecule has 3 aromatic heterocycles. The second kappa shape index (κ2) is 7.86. The fourth-order valence-corrected chi connectivity index (χ4v) is 4.88. The number of nitriles is 1. The van der Waals surface area contributed by atoms with Crippen molar-refractivity contribution in [2.45, 2.75) is 56.3 Å². The summed E-state index contributed by atoms with van der Waals surface area (Å²) in [6.45, 7) is 2.55. The highest BCUT2D eigenvalue weighted by Crippen LogP contribution is 2.41. The van der Waals surface area contributed by atoms with Gasteiger partial charge in [0.15, 0.2) is 0 Å². The number of sulfonamides is 1. The van der Waals surface area contributed by atoms with Crippen molar-refractivity contribution in [3.63, 3.8) is 0 Å². The summed E-state index contributed by atoms with van der Waals surface area (Å²) in [6, 6.07) is 6.48. The predicted molar refractivity (Wildman–Crippen MR) is 111 cm³/mol. The molecule has 3 heterocycles. The minimum atomic E-state index is -4.71. The maximum Gasteiger partial charge on any atom is 0.404 e. The van der Waals surface area contributed by atoms with Crippen molar-refractivity contribution in [2.75, 3.05) is 0 Å². The molecule has 4 rings (SSSR count). The minimum absolute atomic E-state index is 0.165. The lowest BCUT2D eigenvalue weighted by Crippen LogP contribution is -2.42. The summed E-state index contributed by atoms with van der Waals surface area (Å²) in [7, 11) is -4.42. The van der Waals surface area contributed by atoms with E-state index < -0.39 is 27.1 Å². The first-order valence-electron chi connectivity index (χ1n) is 10.00. The van der Waals surface area contributed by atoms with Crippen LogP contribution in [0.2, 0.25) is 0 Å². The molecule has 1 atom stereocenters. The number of pyridine rings is 2. The van der Waals surface area contributed by atoms with Crippen LogP contribution in [-0.2, 0) is 10.0 Å². The van der Waals surface area contributed by atoms with Crippen LogP contribution < -0.4 is 4.72 Å². The molecular formula is C21H20F3N5O2S. The summed E-state index contributed by atoms with van der Waals surface area (Å²) in [5, 5.41) is 9.87. The number of rotatable bonds is 5. The number of alkyl halides is 3. The molecule has 1 aliphatic rings. The molecule has 1 N–H and O–H groups in total. The van der Waals surface area contributed by atoms with Gasteiger partial charge >= 0.3 is 6.18 Å². The zero-order valence-corrected chi connectivity index (χ0v) is 18.1. The van der Waals surface area contributed by atoms with Crippen molar-refractivity contribution < 1.29 is 21.6 Å². The van der Waals surface area contributed by atoms with Gasteiger partial charge in [-0.1, -0.05) is 0 Å². The van der Waals surface area contributed by atoms with Gasteiger partial charge in [-0.05, 0) is 57.4 Å². The number of hydrogen-bond acceptors (Lipinski definition) is 5. The van der Waals surface area contributed by atoms with Crippen molar-refractivity contribution in [1.29, 1.82) is 5.26 Å². The third kappa shape index (κ3) is 3.84. The summed E-state index contributed by atoms with van der Waals surface area (Å²) in [4.78, 5) is 8.34. The van der Waals surface area contributed by atoms with Crippen LogP contribution in [0.15, 0.2) is 35.4 Å². The Kier molecular flexibility index (Phi) is 5.46. The summed E-state index contributed by atoms with van der Waals surface area (Å²) < 4.78 is 66.6. The van der Waals surface area contributed by atoms with Gasteiger partial charge in [0, 0.05) is 17.9 Å². The molecule has 0 unspecified atom stereocenters. The predicted octanol–water partition coefficient (Wildman–Crippen LogP) is 4.23. The maximum absolute atomic E-state index is 12.8. The van der Waals surface area contributed by atoms with Crippen LogP contribution in [0, 0.1) is 18.3 Å². The average molecular weight is 463 g/mol. The number of aryl methyl sites for hydroxylation is 1. The van der Waals surface area contributed by atoms with Crippen LogP contribution in [0.5, 0.6) is 0 Å². The van der Waals surface area contributed by atoms with E-state index >= 15 is 0 Å². The highest BCUT2D eigenvalue weighted by atomic mass is 32.2. The van der Waals surface area contributed by atoms with E-state index in [0.29, 0.717) is 22.5 Å². The monoisotopic (exact) mass is 463 g/mol. The lowest BCUT2D eigenvalue weighted by atomic mass is 9.92. The minimum Gasteiger partial charge on any atom is -0.334 e. The molecule has 7 nitrogen and oxygen atoms in total. The number of halogens is 3. The van der Waals surface area contributed by atoms with Crippen molar-refractivity contribution in [1.82, 2.24) is 19.3 Å². The normalized spacial score (nSPS) is 16.0. The summed E-state index contributed by atoms with van der Waals surface area (Å²) in [5.74, 6) is 0. The summed E-state index contributed by atoms with van der Waals surface area (Å²) in [5.41, 5.74) is 3.32. The third-order valence-electron chi connectivity index (χ3n) is 5.65. The molecule has 1 aliphatic carbocycles. The van der Waals surface area contributed by atoms with Crippen LogP contribution in [0.25, 0.3) is 22.4 Å². The van der Waals surface area contributed by atoms with Crippen LogP contribution in [0.3, 0.4) is 0 Å². The molecule has 32 heavy (non-hydrogen) atoms.